The molecule has 28 heavy (non-hydrogen) atoms. The highest BCUT2D eigenvalue weighted by Gasteiger charge is 2.32. The van der Waals surface area contributed by atoms with Crippen LogP contribution in [-0.4, -0.2) is 22.9 Å². The van der Waals surface area contributed by atoms with Gasteiger partial charge in [0.25, 0.3) is 5.91 Å². The number of thioether (sulfide) groups is 1. The summed E-state index contributed by atoms with van der Waals surface area (Å²) in [5, 5.41) is 4.97. The number of carbonyl (C=O) groups excluding carboxylic acids is 1. The van der Waals surface area contributed by atoms with E-state index < -0.39 is 0 Å². The largest absolute Gasteiger partial charge is 0.476 e. The van der Waals surface area contributed by atoms with E-state index in [1.54, 1.807) is 31.0 Å². The predicted octanol–water partition coefficient (Wildman–Crippen LogP) is 3.88. The molecule has 0 bridgehead atoms. The Hall–Kier alpha value is -2.51. The molecule has 0 radical (unpaired) electrons. The molecule has 2 heterocycles. The van der Waals surface area contributed by atoms with Gasteiger partial charge in [0.1, 0.15) is 11.6 Å². The van der Waals surface area contributed by atoms with E-state index in [1.807, 2.05) is 24.3 Å². The van der Waals surface area contributed by atoms with Crippen LogP contribution in [0.15, 0.2) is 47.9 Å². The van der Waals surface area contributed by atoms with Gasteiger partial charge in [0.2, 0.25) is 0 Å². The zero-order valence-corrected chi connectivity index (χ0v) is 16.9. The maximum Gasteiger partial charge on any atom is 0.255 e. The highest BCUT2D eigenvalue weighted by atomic mass is 32.2. The lowest BCUT2D eigenvalue weighted by atomic mass is 10.1. The Morgan fingerprint density at radius 3 is 2.68 bits per heavy atom. The number of rotatable bonds is 8. The van der Waals surface area contributed by atoms with Crippen LogP contribution in [0, 0.1) is 0 Å². The second kappa shape index (κ2) is 9.12. The SMILES string of the molecule is CCC1(Oc2ccc(CNC(=O)c3ccc(COC)nc3N)cc2)CC=CS1. The summed E-state index contributed by atoms with van der Waals surface area (Å²) in [5.41, 5.74) is 7.92. The molecule has 0 saturated carbocycles. The lowest BCUT2D eigenvalue weighted by Gasteiger charge is -2.28. The van der Waals surface area contributed by atoms with E-state index in [4.69, 9.17) is 15.2 Å². The predicted molar refractivity (Wildman–Crippen MR) is 112 cm³/mol. The Balaban J connectivity index is 1.57. The second-order valence-electron chi connectivity index (χ2n) is 6.56. The number of pyridine rings is 1. The van der Waals surface area contributed by atoms with Gasteiger partial charge in [-0.3, -0.25) is 4.79 Å². The fraction of sp³-hybridized carbons (Fsp3) is 0.333. The molecule has 6 nitrogen and oxygen atoms in total. The lowest BCUT2D eigenvalue weighted by molar-refractivity contribution is 0.0951. The summed E-state index contributed by atoms with van der Waals surface area (Å²) in [5.74, 6) is 0.770. The van der Waals surface area contributed by atoms with Crippen molar-refractivity contribution in [3.63, 3.8) is 0 Å². The van der Waals surface area contributed by atoms with E-state index >= 15 is 0 Å². The minimum atomic E-state index is -0.257. The summed E-state index contributed by atoms with van der Waals surface area (Å²) in [6, 6.07) is 11.2. The Bertz CT molecular complexity index is 844. The van der Waals surface area contributed by atoms with Crippen LogP contribution >= 0.6 is 11.8 Å². The van der Waals surface area contributed by atoms with Crippen molar-refractivity contribution < 1.29 is 14.3 Å². The third-order valence-electron chi connectivity index (χ3n) is 4.55. The summed E-state index contributed by atoms with van der Waals surface area (Å²) in [6.07, 6.45) is 3.98. The number of anilines is 1. The van der Waals surface area contributed by atoms with Crippen LogP contribution in [0.1, 0.15) is 41.4 Å². The molecule has 1 amide bonds. The van der Waals surface area contributed by atoms with Crippen molar-refractivity contribution in [1.29, 1.82) is 0 Å². The van der Waals surface area contributed by atoms with Crippen LogP contribution < -0.4 is 15.8 Å². The lowest BCUT2D eigenvalue weighted by Crippen LogP contribution is -2.28. The smallest absolute Gasteiger partial charge is 0.255 e. The molecule has 148 valence electrons. The average Bonchev–Trinajstić information content (AvgIpc) is 3.16. The van der Waals surface area contributed by atoms with Gasteiger partial charge >= 0.3 is 0 Å². The van der Waals surface area contributed by atoms with E-state index in [0.717, 1.165) is 24.2 Å². The van der Waals surface area contributed by atoms with Crippen molar-refractivity contribution in [3.8, 4) is 5.75 Å². The van der Waals surface area contributed by atoms with Crippen molar-refractivity contribution in [2.45, 2.75) is 37.9 Å². The number of hydrogen-bond acceptors (Lipinski definition) is 6. The van der Waals surface area contributed by atoms with Gasteiger partial charge in [0.15, 0.2) is 4.93 Å². The van der Waals surface area contributed by atoms with Crippen molar-refractivity contribution in [2.24, 2.45) is 0 Å². The first-order chi connectivity index (χ1) is 13.5. The number of ether oxygens (including phenoxy) is 2. The molecule has 1 aliphatic rings. The minimum Gasteiger partial charge on any atom is -0.476 e. The number of hydrogen-bond donors (Lipinski definition) is 2. The summed E-state index contributed by atoms with van der Waals surface area (Å²) >= 11 is 1.72. The molecule has 3 rings (SSSR count). The van der Waals surface area contributed by atoms with Gasteiger partial charge < -0.3 is 20.5 Å². The number of nitrogen functional groups attached to an aromatic ring is 1. The van der Waals surface area contributed by atoms with E-state index in [1.165, 1.54) is 0 Å². The van der Waals surface area contributed by atoms with E-state index in [0.29, 0.717) is 24.4 Å². The molecule has 0 fully saturated rings. The van der Waals surface area contributed by atoms with Crippen LogP contribution in [0.4, 0.5) is 5.82 Å². The Kier molecular flexibility index (Phi) is 6.59. The van der Waals surface area contributed by atoms with Crippen LogP contribution in [0.5, 0.6) is 5.75 Å². The number of aromatic nitrogens is 1. The average molecular weight is 400 g/mol. The maximum atomic E-state index is 12.4. The molecule has 1 aliphatic heterocycles. The summed E-state index contributed by atoms with van der Waals surface area (Å²) < 4.78 is 11.2. The summed E-state index contributed by atoms with van der Waals surface area (Å²) in [6.45, 7) is 2.88. The van der Waals surface area contributed by atoms with Crippen molar-refractivity contribution >= 4 is 23.5 Å². The molecule has 1 atom stereocenters. The van der Waals surface area contributed by atoms with Crippen molar-refractivity contribution in [2.75, 3.05) is 12.8 Å². The van der Waals surface area contributed by atoms with Crippen LogP contribution in [0.3, 0.4) is 0 Å². The van der Waals surface area contributed by atoms with Crippen LogP contribution in [-0.2, 0) is 17.9 Å². The number of benzene rings is 1. The second-order valence-corrected chi connectivity index (χ2v) is 7.81. The summed E-state index contributed by atoms with van der Waals surface area (Å²) in [7, 11) is 1.58. The van der Waals surface area contributed by atoms with Crippen molar-refractivity contribution in [3.05, 3.63) is 64.7 Å². The van der Waals surface area contributed by atoms with Gasteiger partial charge in [-0.25, -0.2) is 4.98 Å². The first kappa shape index (κ1) is 20.2. The molecule has 0 saturated heterocycles. The Morgan fingerprint density at radius 1 is 1.29 bits per heavy atom. The number of amides is 1. The zero-order valence-electron chi connectivity index (χ0n) is 16.1. The zero-order chi connectivity index (χ0) is 20.0. The maximum absolute atomic E-state index is 12.4. The summed E-state index contributed by atoms with van der Waals surface area (Å²) in [4.78, 5) is 16.4. The molecule has 0 aliphatic carbocycles. The van der Waals surface area contributed by atoms with Crippen molar-refractivity contribution in [1.82, 2.24) is 10.3 Å². The topological polar surface area (TPSA) is 86.5 Å². The highest BCUT2D eigenvalue weighted by Crippen LogP contribution is 2.40. The molecule has 2 aromatic rings. The van der Waals surface area contributed by atoms with Gasteiger partial charge in [-0.05, 0) is 41.7 Å². The number of nitrogens with two attached hydrogens (primary N) is 1. The van der Waals surface area contributed by atoms with Gasteiger partial charge in [-0.15, -0.1) is 0 Å². The number of nitrogens with one attached hydrogen (secondary N) is 1. The van der Waals surface area contributed by atoms with Gasteiger partial charge in [0, 0.05) is 20.1 Å². The third-order valence-corrected chi connectivity index (χ3v) is 5.84. The first-order valence-corrected chi connectivity index (χ1v) is 10.1. The standard InChI is InChI=1S/C21H25N3O3S/c1-3-21(11-4-12-28-21)27-17-8-5-15(6-9-17)13-23-20(25)18-10-7-16(14-26-2)24-19(18)22/h4-10,12H,3,11,13-14H2,1-2H3,(H2,22,24)(H,23,25). The van der Waals surface area contributed by atoms with Gasteiger partial charge in [-0.1, -0.05) is 36.9 Å². The van der Waals surface area contributed by atoms with Crippen LogP contribution in [0.2, 0.25) is 0 Å². The fourth-order valence-electron chi connectivity index (χ4n) is 2.92. The third kappa shape index (κ3) is 4.85. The molecule has 3 N–H and O–H groups in total. The molecule has 1 aromatic carbocycles. The number of methoxy groups -OCH3 is 1. The van der Waals surface area contributed by atoms with Gasteiger partial charge in [0.05, 0.1) is 17.9 Å². The fourth-order valence-corrected chi connectivity index (χ4v) is 3.86. The molecule has 1 aromatic heterocycles. The molecular weight excluding hydrogens is 374 g/mol. The molecular formula is C21H25N3O3S. The van der Waals surface area contributed by atoms with E-state index in [-0.39, 0.29) is 16.7 Å². The first-order valence-electron chi connectivity index (χ1n) is 9.18. The Labute approximate surface area is 169 Å². The normalized spacial score (nSPS) is 18.2. The monoisotopic (exact) mass is 399 g/mol. The van der Waals surface area contributed by atoms with Crippen LogP contribution in [0.25, 0.3) is 0 Å². The van der Waals surface area contributed by atoms with E-state index in [9.17, 15) is 4.79 Å². The minimum absolute atomic E-state index is 0.198. The molecule has 7 heteroatoms. The number of nitrogens with zero attached hydrogens (tertiary/aromatic N) is 1. The number of carbonyl (C=O) groups is 1. The van der Waals surface area contributed by atoms with E-state index in [2.05, 4.69) is 28.7 Å². The molecule has 1 unspecified atom stereocenters. The highest BCUT2D eigenvalue weighted by molar-refractivity contribution is 8.03. The Morgan fingerprint density at radius 2 is 2.07 bits per heavy atom. The van der Waals surface area contributed by atoms with Gasteiger partial charge in [-0.2, -0.15) is 0 Å². The molecule has 0 spiro atoms. The quantitative estimate of drug-likeness (QED) is 0.701.